The summed E-state index contributed by atoms with van der Waals surface area (Å²) in [7, 11) is 1.92. The van der Waals surface area contributed by atoms with E-state index in [4.69, 9.17) is 10.5 Å². The molecule has 0 radical (unpaired) electrons. The van der Waals surface area contributed by atoms with Gasteiger partial charge in [-0.2, -0.15) is 0 Å². The molecule has 0 saturated heterocycles. The predicted octanol–water partition coefficient (Wildman–Crippen LogP) is 0.602. The molecule has 0 bridgehead atoms. The molecule has 15 heavy (non-hydrogen) atoms. The second-order valence-corrected chi connectivity index (χ2v) is 4.22. The molecule has 1 aliphatic carbocycles. The van der Waals surface area contributed by atoms with Crippen molar-refractivity contribution in [3.05, 3.63) is 12.2 Å². The van der Waals surface area contributed by atoms with Gasteiger partial charge in [-0.25, -0.2) is 0 Å². The van der Waals surface area contributed by atoms with Crippen LogP contribution in [0.4, 0.5) is 0 Å². The van der Waals surface area contributed by atoms with Crippen molar-refractivity contribution >= 4 is 0 Å². The zero-order valence-corrected chi connectivity index (χ0v) is 9.09. The number of ether oxygens (including phenoxy) is 1. The summed E-state index contributed by atoms with van der Waals surface area (Å²) in [5.41, 5.74) is 5.89. The van der Waals surface area contributed by atoms with Crippen LogP contribution in [0.5, 0.6) is 0 Å². The molecule has 0 amide bonds. The SMILES string of the molecule is Cn1cnnc1COC1CCCC(N)C1. The van der Waals surface area contributed by atoms with Gasteiger partial charge in [0.25, 0.3) is 0 Å². The van der Waals surface area contributed by atoms with Crippen molar-refractivity contribution in [1.29, 1.82) is 0 Å². The minimum atomic E-state index is 0.297. The molecule has 0 spiro atoms. The lowest BCUT2D eigenvalue weighted by Gasteiger charge is -2.26. The number of nitrogens with two attached hydrogens (primary N) is 1. The summed E-state index contributed by atoms with van der Waals surface area (Å²) in [6.07, 6.45) is 6.37. The van der Waals surface area contributed by atoms with Crippen molar-refractivity contribution in [2.45, 2.75) is 44.4 Å². The van der Waals surface area contributed by atoms with E-state index in [1.165, 1.54) is 6.42 Å². The molecule has 84 valence electrons. The third-order valence-corrected chi connectivity index (χ3v) is 2.92. The molecule has 5 nitrogen and oxygen atoms in total. The van der Waals surface area contributed by atoms with E-state index >= 15 is 0 Å². The molecule has 2 unspecified atom stereocenters. The minimum absolute atomic E-state index is 0.297. The van der Waals surface area contributed by atoms with Crippen LogP contribution in [0.2, 0.25) is 0 Å². The van der Waals surface area contributed by atoms with E-state index in [9.17, 15) is 0 Å². The van der Waals surface area contributed by atoms with Gasteiger partial charge in [0.15, 0.2) is 5.82 Å². The van der Waals surface area contributed by atoms with Crippen LogP contribution in [0.15, 0.2) is 6.33 Å². The van der Waals surface area contributed by atoms with Gasteiger partial charge in [-0.1, -0.05) is 0 Å². The average molecular weight is 210 g/mol. The molecule has 1 aromatic heterocycles. The largest absolute Gasteiger partial charge is 0.370 e. The lowest BCUT2D eigenvalue weighted by molar-refractivity contribution is 0.00797. The van der Waals surface area contributed by atoms with E-state index in [2.05, 4.69) is 10.2 Å². The average Bonchev–Trinajstić information content (AvgIpc) is 2.61. The van der Waals surface area contributed by atoms with Crippen LogP contribution in [0, 0.1) is 0 Å². The number of aromatic nitrogens is 3. The first-order chi connectivity index (χ1) is 7.25. The highest BCUT2D eigenvalue weighted by Crippen LogP contribution is 2.20. The maximum absolute atomic E-state index is 5.89. The van der Waals surface area contributed by atoms with Crippen LogP contribution in [-0.4, -0.2) is 26.9 Å². The molecular weight excluding hydrogens is 192 g/mol. The Balaban J connectivity index is 1.80. The van der Waals surface area contributed by atoms with Crippen LogP contribution in [0.25, 0.3) is 0 Å². The zero-order chi connectivity index (χ0) is 10.7. The third-order valence-electron chi connectivity index (χ3n) is 2.92. The second kappa shape index (κ2) is 4.72. The molecule has 1 aliphatic rings. The summed E-state index contributed by atoms with van der Waals surface area (Å²) in [5.74, 6) is 0.870. The Morgan fingerprint density at radius 3 is 3.13 bits per heavy atom. The smallest absolute Gasteiger partial charge is 0.158 e. The van der Waals surface area contributed by atoms with Gasteiger partial charge in [0.05, 0.1) is 6.10 Å². The Labute approximate surface area is 89.6 Å². The molecule has 1 fully saturated rings. The molecule has 1 saturated carbocycles. The van der Waals surface area contributed by atoms with Gasteiger partial charge in [0.1, 0.15) is 12.9 Å². The van der Waals surface area contributed by atoms with Crippen LogP contribution in [-0.2, 0) is 18.4 Å². The fourth-order valence-corrected chi connectivity index (χ4v) is 1.96. The van der Waals surface area contributed by atoms with E-state index in [0.29, 0.717) is 18.8 Å². The zero-order valence-electron chi connectivity index (χ0n) is 9.09. The van der Waals surface area contributed by atoms with E-state index < -0.39 is 0 Å². The lowest BCUT2D eigenvalue weighted by Crippen LogP contribution is -2.32. The van der Waals surface area contributed by atoms with Gasteiger partial charge >= 0.3 is 0 Å². The van der Waals surface area contributed by atoms with Gasteiger partial charge in [-0.05, 0) is 25.7 Å². The van der Waals surface area contributed by atoms with Crippen LogP contribution >= 0.6 is 0 Å². The summed E-state index contributed by atoms with van der Waals surface area (Å²) in [4.78, 5) is 0. The van der Waals surface area contributed by atoms with E-state index in [0.717, 1.165) is 25.1 Å². The summed E-state index contributed by atoms with van der Waals surface area (Å²) >= 11 is 0. The summed E-state index contributed by atoms with van der Waals surface area (Å²) in [6.45, 7) is 0.536. The topological polar surface area (TPSA) is 66.0 Å². The van der Waals surface area contributed by atoms with Gasteiger partial charge < -0.3 is 15.0 Å². The lowest BCUT2D eigenvalue weighted by atomic mass is 9.94. The highest BCUT2D eigenvalue weighted by molar-refractivity contribution is 4.82. The number of hydrogen-bond acceptors (Lipinski definition) is 4. The summed E-state index contributed by atoms with van der Waals surface area (Å²) in [6, 6.07) is 0.309. The Hall–Kier alpha value is -0.940. The monoisotopic (exact) mass is 210 g/mol. The highest BCUT2D eigenvalue weighted by Gasteiger charge is 2.20. The standard InChI is InChI=1S/C10H18N4O/c1-14-7-12-13-10(14)6-15-9-4-2-3-8(11)5-9/h7-9H,2-6,11H2,1H3. The van der Waals surface area contributed by atoms with Crippen molar-refractivity contribution in [3.63, 3.8) is 0 Å². The Kier molecular flexibility index (Phi) is 3.33. The van der Waals surface area contributed by atoms with Crippen molar-refractivity contribution in [1.82, 2.24) is 14.8 Å². The van der Waals surface area contributed by atoms with E-state index in [-0.39, 0.29) is 0 Å². The minimum Gasteiger partial charge on any atom is -0.370 e. The number of aryl methyl sites for hydroxylation is 1. The quantitative estimate of drug-likeness (QED) is 0.793. The molecule has 2 rings (SSSR count). The normalized spacial score (nSPS) is 26.8. The maximum atomic E-state index is 5.89. The fraction of sp³-hybridized carbons (Fsp3) is 0.800. The molecule has 2 N–H and O–H groups in total. The Morgan fingerprint density at radius 2 is 2.47 bits per heavy atom. The first-order valence-corrected chi connectivity index (χ1v) is 5.46. The van der Waals surface area contributed by atoms with Crippen molar-refractivity contribution in [2.75, 3.05) is 0 Å². The number of rotatable bonds is 3. The summed E-state index contributed by atoms with van der Waals surface area (Å²) in [5, 5.41) is 7.78. The first-order valence-electron chi connectivity index (χ1n) is 5.46. The van der Waals surface area contributed by atoms with Crippen molar-refractivity contribution in [2.24, 2.45) is 12.8 Å². The predicted molar refractivity (Wildman–Crippen MR) is 56.0 cm³/mol. The van der Waals surface area contributed by atoms with E-state index in [1.807, 2.05) is 11.6 Å². The molecule has 0 aliphatic heterocycles. The molecular formula is C10H18N4O. The molecule has 2 atom stereocenters. The van der Waals surface area contributed by atoms with Gasteiger partial charge in [0, 0.05) is 13.1 Å². The van der Waals surface area contributed by atoms with Gasteiger partial charge in [-0.15, -0.1) is 10.2 Å². The molecule has 1 aromatic rings. The van der Waals surface area contributed by atoms with E-state index in [1.54, 1.807) is 6.33 Å². The number of nitrogens with zero attached hydrogens (tertiary/aromatic N) is 3. The Bertz CT molecular complexity index is 312. The Morgan fingerprint density at radius 1 is 1.60 bits per heavy atom. The van der Waals surface area contributed by atoms with Crippen LogP contribution in [0.1, 0.15) is 31.5 Å². The highest BCUT2D eigenvalue weighted by atomic mass is 16.5. The van der Waals surface area contributed by atoms with Gasteiger partial charge in [-0.3, -0.25) is 0 Å². The maximum Gasteiger partial charge on any atom is 0.158 e. The van der Waals surface area contributed by atoms with Crippen molar-refractivity contribution in [3.8, 4) is 0 Å². The molecule has 5 heteroatoms. The third kappa shape index (κ3) is 2.76. The molecule has 1 heterocycles. The number of hydrogen-bond donors (Lipinski definition) is 1. The van der Waals surface area contributed by atoms with Crippen LogP contribution < -0.4 is 5.73 Å². The summed E-state index contributed by atoms with van der Waals surface area (Å²) < 4.78 is 7.65. The van der Waals surface area contributed by atoms with Crippen LogP contribution in [0.3, 0.4) is 0 Å². The first kappa shape index (κ1) is 10.6. The second-order valence-electron chi connectivity index (χ2n) is 4.22. The van der Waals surface area contributed by atoms with Crippen molar-refractivity contribution < 1.29 is 4.74 Å². The van der Waals surface area contributed by atoms with Gasteiger partial charge in [0.2, 0.25) is 0 Å². The fourth-order valence-electron chi connectivity index (χ4n) is 1.96. The molecule has 0 aromatic carbocycles.